The minimum Gasteiger partial charge on any atom is -0.480 e. The van der Waals surface area contributed by atoms with Crippen LogP contribution in [0.15, 0.2) is 28.9 Å². The summed E-state index contributed by atoms with van der Waals surface area (Å²) in [6.07, 6.45) is -15.3. The average molecular weight is 1640 g/mol. The molecular weight excluding hydrogens is 1520 g/mol. The van der Waals surface area contributed by atoms with E-state index in [4.69, 9.17) is 56.8 Å². The number of hydrogen-bond acceptors (Lipinski definition) is 40. The summed E-state index contributed by atoms with van der Waals surface area (Å²) in [5.74, 6) is -3.16. The summed E-state index contributed by atoms with van der Waals surface area (Å²) in [6.45, 7) is 5.39. The third-order valence-corrected chi connectivity index (χ3v) is 19.0. The Morgan fingerprint density at radius 2 is 0.781 bits per heavy atom. The predicted octanol–water partition coefficient (Wildman–Crippen LogP) is -10.5. The number of nitrogens with zero attached hydrogens (tertiary/aromatic N) is 14. The first-order valence-electron chi connectivity index (χ1n) is 37.7. The molecule has 22 atom stereocenters. The zero-order chi connectivity index (χ0) is 82.4. The van der Waals surface area contributed by atoms with Gasteiger partial charge in [0.1, 0.15) is 109 Å². The fraction of sp³-hybridized carbons (Fsp3) is 0.833. The summed E-state index contributed by atoms with van der Waals surface area (Å²) in [5.41, 5.74) is 1.39. The van der Waals surface area contributed by atoms with Crippen molar-refractivity contribution in [2.24, 2.45) is 10.3 Å². The van der Waals surface area contributed by atoms with E-state index in [1.807, 2.05) is 0 Å². The van der Waals surface area contributed by atoms with Crippen LogP contribution in [0.4, 0.5) is 0 Å². The van der Waals surface area contributed by atoms with Gasteiger partial charge in [-0.05, 0) is 19.4 Å². The van der Waals surface area contributed by atoms with Crippen molar-refractivity contribution in [3.8, 4) is 0 Å². The van der Waals surface area contributed by atoms with E-state index in [0.717, 1.165) is 0 Å². The lowest BCUT2D eigenvalue weighted by Gasteiger charge is -2.42. The molecule has 3 aromatic heterocycles. The Kier molecular flexibility index (Phi) is 38.6. The number of aromatic nitrogens is 9. The monoisotopic (exact) mass is 1640 g/mol. The van der Waals surface area contributed by atoms with E-state index in [2.05, 4.69) is 67.4 Å². The molecule has 0 spiro atoms. The van der Waals surface area contributed by atoms with Crippen molar-refractivity contribution in [3.63, 3.8) is 0 Å². The van der Waals surface area contributed by atoms with Crippen LogP contribution >= 0.6 is 0 Å². The first kappa shape index (κ1) is 92.6. The Morgan fingerprint density at radius 3 is 1.10 bits per heavy atom. The molecule has 646 valence electrons. The number of unbranched alkanes of at least 4 members (excludes halogenated alkanes) is 1. The van der Waals surface area contributed by atoms with Crippen LogP contribution in [-0.4, -0.2) is 422 Å². The quantitative estimate of drug-likeness (QED) is 0.0233. The molecule has 17 N–H and O–H groups in total. The van der Waals surface area contributed by atoms with Crippen molar-refractivity contribution >= 4 is 29.6 Å². The molecule has 0 aromatic carbocycles. The third-order valence-electron chi connectivity index (χ3n) is 19.0. The molecule has 5 aliphatic rings. The van der Waals surface area contributed by atoms with Gasteiger partial charge < -0.3 is 144 Å². The van der Waals surface area contributed by atoms with Crippen molar-refractivity contribution < 1.29 is 147 Å². The Bertz CT molecular complexity index is 3270. The smallest absolute Gasteiger partial charge is 0.320 e. The maximum atomic E-state index is 13.6. The van der Waals surface area contributed by atoms with E-state index < -0.39 is 185 Å². The molecule has 4 fully saturated rings. The van der Waals surface area contributed by atoms with Gasteiger partial charge in [0, 0.05) is 72.5 Å². The second kappa shape index (κ2) is 47.5. The van der Waals surface area contributed by atoms with E-state index >= 15 is 0 Å². The molecule has 48 nitrogen and oxygen atoms in total. The molecule has 4 amide bonds. The Morgan fingerprint density at radius 1 is 0.456 bits per heavy atom. The highest BCUT2D eigenvalue weighted by Crippen LogP contribution is 2.27. The van der Waals surface area contributed by atoms with Gasteiger partial charge in [-0.1, -0.05) is 27.3 Å². The molecule has 4 saturated heterocycles. The summed E-state index contributed by atoms with van der Waals surface area (Å²) in [5, 5.41) is 181. The number of ether oxygens (including phenoxy) is 12. The summed E-state index contributed by atoms with van der Waals surface area (Å²) in [6, 6.07) is -5.98. The van der Waals surface area contributed by atoms with Crippen molar-refractivity contribution in [1.82, 2.24) is 81.1 Å². The molecule has 114 heavy (non-hydrogen) atoms. The lowest BCUT2D eigenvalue weighted by atomic mass is 9.97. The summed E-state index contributed by atoms with van der Waals surface area (Å²) in [7, 11) is 0. The van der Waals surface area contributed by atoms with E-state index in [1.165, 1.54) is 37.1 Å². The number of aliphatic carboxylic acids is 1. The number of carboxylic acids is 1. The number of carbonyl (C=O) groups excluding carboxylic acids is 4. The normalized spacial score (nSPS) is 29.5. The lowest BCUT2D eigenvalue weighted by Crippen LogP contribution is -2.64. The Hall–Kier alpha value is -6.87. The molecule has 0 bridgehead atoms. The number of carbonyl (C=O) groups is 5. The Labute approximate surface area is 654 Å². The van der Waals surface area contributed by atoms with Gasteiger partial charge in [-0.25, -0.2) is 14.0 Å². The van der Waals surface area contributed by atoms with E-state index in [0.29, 0.717) is 56.1 Å². The molecule has 48 heteroatoms. The van der Waals surface area contributed by atoms with Gasteiger partial charge in [0.15, 0.2) is 25.2 Å². The number of rotatable bonds is 51. The highest BCUT2D eigenvalue weighted by Gasteiger charge is 2.49. The number of hydrogen-bond donors (Lipinski definition) is 17. The van der Waals surface area contributed by atoms with Crippen molar-refractivity contribution in [2.45, 2.75) is 221 Å². The molecule has 5 aliphatic heterocycles. The third kappa shape index (κ3) is 28.5. The van der Waals surface area contributed by atoms with Gasteiger partial charge in [0.2, 0.25) is 23.6 Å². The minimum atomic E-state index is -1.50. The molecule has 0 aliphatic carbocycles. The zero-order valence-corrected chi connectivity index (χ0v) is 64.0. The van der Waals surface area contributed by atoms with Crippen LogP contribution in [0.2, 0.25) is 0 Å². The van der Waals surface area contributed by atoms with Gasteiger partial charge in [-0.2, -0.15) is 5.11 Å². The van der Waals surface area contributed by atoms with Gasteiger partial charge >= 0.3 is 5.97 Å². The number of amides is 4. The van der Waals surface area contributed by atoms with Gasteiger partial charge in [-0.3, -0.25) is 38.8 Å². The van der Waals surface area contributed by atoms with Crippen LogP contribution < -0.4 is 21.3 Å². The SMILES string of the molecule is CC(=O)NC1C(OCCOCCN2CC(CN(CCCCC(C(=O)O)N(Cc3cn(CCOCCOC4OC(CO)C(O)C(O)C4NC(C)=O)nn3)Cc3cn(CCOCCOC4OC(CO)C(O)C(O)C4NC(C)=O)nn3)Cc3cn(CCOCCOC4OC(CO)C(O)C(O)C4NC(C)=O)nn3)N=N2)OC(CO)C(O)C1O. The van der Waals surface area contributed by atoms with E-state index in [9.17, 15) is 90.4 Å². The summed E-state index contributed by atoms with van der Waals surface area (Å²) < 4.78 is 73.3. The van der Waals surface area contributed by atoms with Crippen molar-refractivity contribution in [3.05, 3.63) is 35.7 Å². The average Bonchev–Trinajstić information content (AvgIpc) is 1.16. The molecule has 3 aromatic rings. The molecule has 8 heterocycles. The number of carboxylic acid groups (broad SMARTS) is 1. The van der Waals surface area contributed by atoms with E-state index in [-0.39, 0.29) is 131 Å². The van der Waals surface area contributed by atoms with Gasteiger partial charge in [0.05, 0.1) is 156 Å². The van der Waals surface area contributed by atoms with Crippen molar-refractivity contribution in [2.75, 3.05) is 132 Å². The van der Waals surface area contributed by atoms with Crippen LogP contribution in [0.5, 0.6) is 0 Å². The fourth-order valence-electron chi connectivity index (χ4n) is 13.2. The first-order chi connectivity index (χ1) is 54.8. The number of nitrogens with one attached hydrogen (secondary N) is 4. The molecular formula is C66H112N18O30. The van der Waals surface area contributed by atoms with Gasteiger partial charge in [0.25, 0.3) is 0 Å². The first-order valence-corrected chi connectivity index (χ1v) is 37.7. The number of aliphatic hydroxyl groups excluding tert-OH is 12. The number of aliphatic hydroxyl groups is 12. The van der Waals surface area contributed by atoms with Crippen LogP contribution in [0.1, 0.15) is 64.0 Å². The highest BCUT2D eigenvalue weighted by atomic mass is 16.7. The molecule has 22 unspecified atom stereocenters. The van der Waals surface area contributed by atoms with Crippen molar-refractivity contribution in [1.29, 1.82) is 0 Å². The largest absolute Gasteiger partial charge is 0.480 e. The second-order valence-corrected chi connectivity index (χ2v) is 27.8. The maximum absolute atomic E-state index is 13.6. The van der Waals surface area contributed by atoms with Gasteiger partial charge in [-0.15, -0.1) is 15.3 Å². The molecule has 0 saturated carbocycles. The summed E-state index contributed by atoms with van der Waals surface area (Å²) in [4.78, 5) is 64.9. The topological polar surface area (TPSA) is 634 Å². The maximum Gasteiger partial charge on any atom is 0.320 e. The minimum absolute atomic E-state index is 0.0161. The van der Waals surface area contributed by atoms with Crippen LogP contribution in [0, 0.1) is 0 Å². The Balaban J connectivity index is 0.884. The highest BCUT2D eigenvalue weighted by molar-refractivity contribution is 5.75. The fourth-order valence-corrected chi connectivity index (χ4v) is 13.2. The molecule has 8 rings (SSSR count). The standard InChI is InChI=1S/C66H112N18O30/c1-37(89)67-50-58(97)54(93)46(33-85)111-63(50)107-21-17-103-13-9-81-29-41(71-75-81)25-79(26-42-30-82(76-72-42)10-14-104-18-22-108-64-51(68-38(2)90)59(98)55(94)47(34-86)112-64)8-6-5-7-45(62(101)102)80(27-43-31-83(77-73-43)11-15-105-19-23-109-65-52(69-39(3)91)60(99)56(95)48(35-87)113-65)28-44-32-84(78-74-44)12-16-106-20-24-110-66-53(70-40(4)92)61(100)57(96)49(36-88)114-66/h29,31-32,42,45-61,63-66,85-88,93-100H,5-28,30,33-36H2,1-4H3,(H,67,89)(H,68,90)(H,69,91)(H,70,92)(H,101,102). The molecule has 0 radical (unpaired) electrons. The second-order valence-electron chi connectivity index (χ2n) is 27.8. The van der Waals surface area contributed by atoms with E-state index in [1.54, 1.807) is 33.2 Å². The van der Waals surface area contributed by atoms with Crippen LogP contribution in [-0.2, 0) is 120 Å². The zero-order valence-electron chi connectivity index (χ0n) is 64.0. The predicted molar refractivity (Wildman–Crippen MR) is 379 cm³/mol. The van der Waals surface area contributed by atoms with Crippen LogP contribution in [0.25, 0.3) is 0 Å². The summed E-state index contributed by atoms with van der Waals surface area (Å²) >= 11 is 0. The van der Waals surface area contributed by atoms with Crippen LogP contribution in [0.3, 0.4) is 0 Å². The lowest BCUT2D eigenvalue weighted by molar-refractivity contribution is -0.272.